The Labute approximate surface area is 140 Å². The number of aryl methyl sites for hydroxylation is 1. The van der Waals surface area contributed by atoms with Gasteiger partial charge in [0.25, 0.3) is 0 Å². The first-order valence-corrected chi connectivity index (χ1v) is 8.69. The van der Waals surface area contributed by atoms with E-state index in [1.165, 1.54) is 23.9 Å². The van der Waals surface area contributed by atoms with Crippen LogP contribution in [0.15, 0.2) is 6.07 Å². The lowest BCUT2D eigenvalue weighted by Crippen LogP contribution is -2.39. The molecule has 0 spiro atoms. The van der Waals surface area contributed by atoms with E-state index >= 15 is 0 Å². The van der Waals surface area contributed by atoms with Crippen molar-refractivity contribution in [1.82, 2.24) is 15.1 Å². The monoisotopic (exact) mass is 345 g/mol. The fraction of sp³-hybridized carbons (Fsp3) is 0.765. The van der Waals surface area contributed by atoms with Gasteiger partial charge < -0.3 is 5.32 Å². The van der Waals surface area contributed by atoms with E-state index in [0.717, 1.165) is 31.7 Å². The van der Waals surface area contributed by atoms with Crippen molar-refractivity contribution in [2.75, 3.05) is 0 Å². The number of nitrogens with zero attached hydrogens (tertiary/aromatic N) is 2. The zero-order valence-electron chi connectivity index (χ0n) is 14.3. The summed E-state index contributed by atoms with van der Waals surface area (Å²) in [6, 6.07) is 1.20. The Hall–Kier alpha value is -1.53. The molecule has 0 aromatic carbocycles. The summed E-state index contributed by atoms with van der Waals surface area (Å²) in [6.45, 7) is 3.45. The van der Waals surface area contributed by atoms with Crippen molar-refractivity contribution in [3.05, 3.63) is 17.5 Å². The molecule has 1 aromatic heterocycles. The minimum absolute atomic E-state index is 0.107. The van der Waals surface area contributed by atoms with Crippen LogP contribution in [0.25, 0.3) is 0 Å². The maximum atomic E-state index is 12.7. The lowest BCUT2D eigenvalue weighted by molar-refractivity contribution is -0.141. The van der Waals surface area contributed by atoms with Gasteiger partial charge in [-0.25, -0.2) is 0 Å². The highest BCUT2D eigenvalue weighted by Gasteiger charge is 2.34. The third-order valence-electron chi connectivity index (χ3n) is 4.62. The topological polar surface area (TPSA) is 46.9 Å². The number of aromatic nitrogens is 2. The van der Waals surface area contributed by atoms with Gasteiger partial charge in [0.1, 0.15) is 0 Å². The van der Waals surface area contributed by atoms with Crippen LogP contribution in [0.5, 0.6) is 0 Å². The van der Waals surface area contributed by atoms with Gasteiger partial charge in [0.15, 0.2) is 5.69 Å². The molecular formula is C17H26F3N3O. The smallest absolute Gasteiger partial charge is 0.353 e. The summed E-state index contributed by atoms with van der Waals surface area (Å²) in [6.07, 6.45) is 3.41. The second kappa shape index (κ2) is 8.03. The summed E-state index contributed by atoms with van der Waals surface area (Å²) in [5.41, 5.74) is -0.499. The third kappa shape index (κ3) is 5.24. The number of hydrogen-bond donors (Lipinski definition) is 1. The van der Waals surface area contributed by atoms with E-state index < -0.39 is 17.8 Å². The van der Waals surface area contributed by atoms with Gasteiger partial charge in [0.2, 0.25) is 5.91 Å². The Morgan fingerprint density at radius 3 is 2.42 bits per heavy atom. The van der Waals surface area contributed by atoms with Gasteiger partial charge in [-0.15, -0.1) is 0 Å². The molecule has 2 rings (SSSR count). The molecule has 1 N–H and O–H groups in total. The number of rotatable bonds is 4. The molecule has 0 radical (unpaired) electrons. The minimum atomic E-state index is -4.46. The predicted molar refractivity (Wildman–Crippen MR) is 85.4 cm³/mol. The molecule has 1 atom stereocenters. The van der Waals surface area contributed by atoms with Crippen molar-refractivity contribution < 1.29 is 18.0 Å². The molecule has 24 heavy (non-hydrogen) atoms. The first-order valence-electron chi connectivity index (χ1n) is 8.69. The van der Waals surface area contributed by atoms with Crippen LogP contribution in [0.3, 0.4) is 0 Å². The van der Waals surface area contributed by atoms with Crippen LogP contribution in [0.2, 0.25) is 0 Å². The number of alkyl halides is 3. The predicted octanol–water partition coefficient (Wildman–Crippen LogP) is 4.08. The standard InChI is InChI=1S/C17H26F3N3O/c1-12(11-23-13(2)10-15(22-23)17(18,19)20)16(24)21-14-8-6-4-3-5-7-9-14/h10,12,14H,3-9,11H2,1-2H3,(H,21,24). The molecule has 1 aliphatic carbocycles. The number of halogens is 3. The first kappa shape index (κ1) is 18.8. The van der Waals surface area contributed by atoms with Gasteiger partial charge in [-0.3, -0.25) is 9.48 Å². The normalized spacial score (nSPS) is 18.7. The van der Waals surface area contributed by atoms with E-state index in [2.05, 4.69) is 10.4 Å². The Balaban J connectivity index is 1.92. The Bertz CT molecular complexity index is 546. The van der Waals surface area contributed by atoms with Crippen LogP contribution >= 0.6 is 0 Å². The summed E-state index contributed by atoms with van der Waals surface area (Å²) >= 11 is 0. The average molecular weight is 345 g/mol. The van der Waals surface area contributed by atoms with Crippen molar-refractivity contribution in [3.8, 4) is 0 Å². The summed E-state index contributed by atoms with van der Waals surface area (Å²) in [5, 5.41) is 6.65. The maximum Gasteiger partial charge on any atom is 0.435 e. The second-order valence-electron chi connectivity index (χ2n) is 6.80. The Morgan fingerprint density at radius 2 is 1.88 bits per heavy atom. The van der Waals surface area contributed by atoms with Crippen molar-refractivity contribution in [2.45, 2.75) is 77.6 Å². The fourth-order valence-electron chi connectivity index (χ4n) is 3.12. The van der Waals surface area contributed by atoms with Crippen molar-refractivity contribution in [3.63, 3.8) is 0 Å². The fourth-order valence-corrected chi connectivity index (χ4v) is 3.12. The number of carbonyl (C=O) groups excluding carboxylic acids is 1. The zero-order chi connectivity index (χ0) is 17.7. The van der Waals surface area contributed by atoms with Crippen LogP contribution in [0.1, 0.15) is 63.3 Å². The van der Waals surface area contributed by atoms with Crippen molar-refractivity contribution in [2.24, 2.45) is 5.92 Å². The van der Waals surface area contributed by atoms with E-state index in [0.29, 0.717) is 5.69 Å². The molecule has 1 fully saturated rings. The van der Waals surface area contributed by atoms with Crippen LogP contribution in [-0.2, 0) is 17.5 Å². The molecule has 1 aliphatic rings. The van der Waals surface area contributed by atoms with Gasteiger partial charge in [0.05, 0.1) is 12.5 Å². The molecule has 1 heterocycles. The number of hydrogen-bond acceptors (Lipinski definition) is 2. The highest BCUT2D eigenvalue weighted by molar-refractivity contribution is 5.78. The highest BCUT2D eigenvalue weighted by Crippen LogP contribution is 2.28. The molecule has 1 aromatic rings. The molecule has 136 valence electrons. The van der Waals surface area contributed by atoms with E-state index in [9.17, 15) is 18.0 Å². The molecule has 1 saturated carbocycles. The Kier molecular flexibility index (Phi) is 6.29. The van der Waals surface area contributed by atoms with Crippen LogP contribution < -0.4 is 5.32 Å². The minimum Gasteiger partial charge on any atom is -0.353 e. The van der Waals surface area contributed by atoms with Crippen LogP contribution in [0, 0.1) is 12.8 Å². The molecule has 1 unspecified atom stereocenters. The summed E-state index contributed by atoms with van der Waals surface area (Å²) in [5.74, 6) is -0.529. The zero-order valence-corrected chi connectivity index (χ0v) is 14.3. The van der Waals surface area contributed by atoms with Crippen LogP contribution in [-0.4, -0.2) is 21.7 Å². The molecule has 1 amide bonds. The maximum absolute atomic E-state index is 12.7. The van der Waals surface area contributed by atoms with E-state index in [1.54, 1.807) is 13.8 Å². The third-order valence-corrected chi connectivity index (χ3v) is 4.62. The van der Waals surface area contributed by atoms with Crippen molar-refractivity contribution >= 4 is 5.91 Å². The van der Waals surface area contributed by atoms with Crippen molar-refractivity contribution in [1.29, 1.82) is 0 Å². The van der Waals surface area contributed by atoms with Crippen LogP contribution in [0.4, 0.5) is 13.2 Å². The lowest BCUT2D eigenvalue weighted by Gasteiger charge is -2.23. The lowest BCUT2D eigenvalue weighted by atomic mass is 9.96. The SMILES string of the molecule is Cc1cc(C(F)(F)F)nn1CC(C)C(=O)NC1CCCCCCC1. The highest BCUT2D eigenvalue weighted by atomic mass is 19.4. The average Bonchev–Trinajstić information content (AvgIpc) is 2.83. The van der Waals surface area contributed by atoms with E-state index in [1.807, 2.05) is 0 Å². The largest absolute Gasteiger partial charge is 0.435 e. The van der Waals surface area contributed by atoms with E-state index in [-0.39, 0.29) is 18.5 Å². The van der Waals surface area contributed by atoms with Gasteiger partial charge in [-0.2, -0.15) is 18.3 Å². The van der Waals surface area contributed by atoms with Gasteiger partial charge >= 0.3 is 6.18 Å². The second-order valence-corrected chi connectivity index (χ2v) is 6.80. The molecule has 0 aliphatic heterocycles. The molecule has 7 heteroatoms. The number of amides is 1. The molecular weight excluding hydrogens is 319 g/mol. The number of nitrogens with one attached hydrogen (secondary N) is 1. The molecule has 4 nitrogen and oxygen atoms in total. The summed E-state index contributed by atoms with van der Waals surface area (Å²) in [7, 11) is 0. The van der Waals surface area contributed by atoms with E-state index in [4.69, 9.17) is 0 Å². The first-order chi connectivity index (χ1) is 11.3. The number of carbonyl (C=O) groups is 1. The Morgan fingerprint density at radius 1 is 1.29 bits per heavy atom. The quantitative estimate of drug-likeness (QED) is 0.894. The summed E-state index contributed by atoms with van der Waals surface area (Å²) in [4.78, 5) is 12.4. The van der Waals surface area contributed by atoms with Gasteiger partial charge in [-0.1, -0.05) is 39.0 Å². The molecule has 0 bridgehead atoms. The summed E-state index contributed by atoms with van der Waals surface area (Å²) < 4.78 is 39.4. The van der Waals surface area contributed by atoms with Gasteiger partial charge in [-0.05, 0) is 25.8 Å². The van der Waals surface area contributed by atoms with Gasteiger partial charge in [0, 0.05) is 11.7 Å². The molecule has 0 saturated heterocycles.